The topological polar surface area (TPSA) is 95.1 Å². The minimum Gasteiger partial charge on any atom is -0.480 e. The highest BCUT2D eigenvalue weighted by Gasteiger charge is 2.27. The molecule has 14 heavy (non-hydrogen) atoms. The Hall–Kier alpha value is -1.85. The maximum absolute atomic E-state index is 11.1. The van der Waals surface area contributed by atoms with E-state index in [0.717, 1.165) is 0 Å². The standard InChI is InChI=1S/C8H11N3O3/c1-8(2,7(13)14)11-5-6(12)10-4-3-9-5/h3-4H,1-2H3,(H,9,11)(H,10,12)(H,13,14). The van der Waals surface area contributed by atoms with Crippen molar-refractivity contribution < 1.29 is 9.90 Å². The van der Waals surface area contributed by atoms with Gasteiger partial charge in [0.05, 0.1) is 0 Å². The molecule has 0 atom stereocenters. The molecule has 0 aliphatic carbocycles. The lowest BCUT2D eigenvalue weighted by Gasteiger charge is -2.20. The second-order valence-corrected chi connectivity index (χ2v) is 3.32. The molecule has 76 valence electrons. The summed E-state index contributed by atoms with van der Waals surface area (Å²) in [5.74, 6) is -1.05. The second-order valence-electron chi connectivity index (χ2n) is 3.32. The Morgan fingerprint density at radius 1 is 1.64 bits per heavy atom. The van der Waals surface area contributed by atoms with Gasteiger partial charge in [-0.2, -0.15) is 0 Å². The number of rotatable bonds is 3. The summed E-state index contributed by atoms with van der Waals surface area (Å²) in [6, 6.07) is 0. The highest BCUT2D eigenvalue weighted by Crippen LogP contribution is 2.08. The van der Waals surface area contributed by atoms with Crippen molar-refractivity contribution in [3.8, 4) is 0 Å². The summed E-state index contributed by atoms with van der Waals surface area (Å²) in [5, 5.41) is 11.3. The molecule has 1 aromatic rings. The summed E-state index contributed by atoms with van der Waals surface area (Å²) in [6.07, 6.45) is 2.75. The molecule has 0 fully saturated rings. The SMILES string of the molecule is CC(C)(Nc1ncc[nH]c1=O)C(=O)O. The molecule has 0 aliphatic heterocycles. The van der Waals surface area contributed by atoms with E-state index in [9.17, 15) is 9.59 Å². The zero-order chi connectivity index (χ0) is 10.8. The van der Waals surface area contributed by atoms with Gasteiger partial charge in [-0.15, -0.1) is 0 Å². The average Bonchev–Trinajstić information content (AvgIpc) is 2.08. The van der Waals surface area contributed by atoms with Crippen LogP contribution in [-0.4, -0.2) is 26.6 Å². The van der Waals surface area contributed by atoms with Crippen LogP contribution < -0.4 is 10.9 Å². The number of H-pyrrole nitrogens is 1. The van der Waals surface area contributed by atoms with Crippen molar-refractivity contribution in [3.63, 3.8) is 0 Å². The maximum atomic E-state index is 11.1. The molecular formula is C8H11N3O3. The lowest BCUT2D eigenvalue weighted by atomic mass is 10.1. The zero-order valence-electron chi connectivity index (χ0n) is 7.87. The number of nitrogens with one attached hydrogen (secondary N) is 2. The van der Waals surface area contributed by atoms with Gasteiger partial charge in [-0.25, -0.2) is 9.78 Å². The Morgan fingerprint density at radius 2 is 2.29 bits per heavy atom. The van der Waals surface area contributed by atoms with Crippen LogP contribution >= 0.6 is 0 Å². The quantitative estimate of drug-likeness (QED) is 0.636. The number of aromatic nitrogens is 2. The number of carbonyl (C=O) groups is 1. The van der Waals surface area contributed by atoms with Crippen molar-refractivity contribution in [2.75, 3.05) is 5.32 Å². The van der Waals surface area contributed by atoms with E-state index in [4.69, 9.17) is 5.11 Å². The molecule has 1 rings (SSSR count). The molecular weight excluding hydrogens is 186 g/mol. The maximum Gasteiger partial charge on any atom is 0.328 e. The van der Waals surface area contributed by atoms with E-state index in [1.54, 1.807) is 0 Å². The number of hydrogen-bond acceptors (Lipinski definition) is 4. The van der Waals surface area contributed by atoms with Crippen LogP contribution in [0.1, 0.15) is 13.8 Å². The molecule has 0 saturated heterocycles. The van der Waals surface area contributed by atoms with E-state index in [-0.39, 0.29) is 5.82 Å². The third kappa shape index (κ3) is 2.09. The Bertz CT molecular complexity index is 397. The molecule has 6 nitrogen and oxygen atoms in total. The van der Waals surface area contributed by atoms with Crippen LogP contribution in [0.3, 0.4) is 0 Å². The largest absolute Gasteiger partial charge is 0.480 e. The molecule has 0 spiro atoms. The van der Waals surface area contributed by atoms with Gasteiger partial charge in [0, 0.05) is 12.4 Å². The molecule has 3 N–H and O–H groups in total. The van der Waals surface area contributed by atoms with Crippen molar-refractivity contribution >= 4 is 11.8 Å². The van der Waals surface area contributed by atoms with Crippen molar-refractivity contribution in [2.45, 2.75) is 19.4 Å². The number of aliphatic carboxylic acids is 1. The lowest BCUT2D eigenvalue weighted by molar-refractivity contribution is -0.141. The van der Waals surface area contributed by atoms with Crippen molar-refractivity contribution in [1.29, 1.82) is 0 Å². The predicted octanol–water partition coefficient (Wildman–Crippen LogP) is 0.0450. The number of carboxylic acids is 1. The van der Waals surface area contributed by atoms with Crippen molar-refractivity contribution in [3.05, 3.63) is 22.7 Å². The van der Waals surface area contributed by atoms with E-state index in [1.165, 1.54) is 26.2 Å². The normalized spacial score (nSPS) is 11.0. The van der Waals surface area contributed by atoms with Gasteiger partial charge >= 0.3 is 5.97 Å². The molecule has 1 aromatic heterocycles. The van der Waals surface area contributed by atoms with Gasteiger partial charge < -0.3 is 15.4 Å². The van der Waals surface area contributed by atoms with Gasteiger partial charge in [-0.3, -0.25) is 4.79 Å². The Kier molecular flexibility index (Phi) is 2.55. The third-order valence-corrected chi connectivity index (χ3v) is 1.67. The first-order chi connectivity index (χ1) is 6.43. The molecule has 0 amide bonds. The van der Waals surface area contributed by atoms with Crippen LogP contribution in [0, 0.1) is 0 Å². The van der Waals surface area contributed by atoms with Gasteiger partial charge in [0.1, 0.15) is 5.54 Å². The summed E-state index contributed by atoms with van der Waals surface area (Å²) in [4.78, 5) is 28.0. The molecule has 6 heteroatoms. The summed E-state index contributed by atoms with van der Waals surface area (Å²) in [6.45, 7) is 2.90. The summed E-state index contributed by atoms with van der Waals surface area (Å²) in [5.41, 5.74) is -1.66. The van der Waals surface area contributed by atoms with E-state index in [2.05, 4.69) is 15.3 Å². The Balaban J connectivity index is 2.95. The molecule has 0 radical (unpaired) electrons. The minimum atomic E-state index is -1.22. The van der Waals surface area contributed by atoms with Gasteiger partial charge in [0.15, 0.2) is 5.82 Å². The molecule has 0 aromatic carbocycles. The van der Waals surface area contributed by atoms with Crippen molar-refractivity contribution in [1.82, 2.24) is 9.97 Å². The highest BCUT2D eigenvalue weighted by atomic mass is 16.4. The number of anilines is 1. The summed E-state index contributed by atoms with van der Waals surface area (Å²) >= 11 is 0. The molecule has 1 heterocycles. The van der Waals surface area contributed by atoms with Gasteiger partial charge in [0.2, 0.25) is 0 Å². The monoisotopic (exact) mass is 197 g/mol. The van der Waals surface area contributed by atoms with Crippen molar-refractivity contribution in [2.24, 2.45) is 0 Å². The first kappa shape index (κ1) is 10.2. The summed E-state index contributed by atoms with van der Waals surface area (Å²) < 4.78 is 0. The molecule has 0 saturated carbocycles. The van der Waals surface area contributed by atoms with Crippen LogP contribution in [0.4, 0.5) is 5.82 Å². The minimum absolute atomic E-state index is 0.0000926. The highest BCUT2D eigenvalue weighted by molar-refractivity contribution is 5.81. The van der Waals surface area contributed by atoms with Gasteiger partial charge in [-0.1, -0.05) is 0 Å². The van der Waals surface area contributed by atoms with E-state index in [1.807, 2.05) is 0 Å². The predicted molar refractivity (Wildman–Crippen MR) is 50.2 cm³/mol. The molecule has 0 bridgehead atoms. The van der Waals surface area contributed by atoms with Crippen LogP contribution in [0.25, 0.3) is 0 Å². The van der Waals surface area contributed by atoms with Crippen LogP contribution in [0.2, 0.25) is 0 Å². The van der Waals surface area contributed by atoms with Crippen LogP contribution in [0.15, 0.2) is 17.2 Å². The smallest absolute Gasteiger partial charge is 0.328 e. The molecule has 0 unspecified atom stereocenters. The first-order valence-electron chi connectivity index (χ1n) is 3.99. The fourth-order valence-corrected chi connectivity index (χ4v) is 0.790. The Morgan fingerprint density at radius 3 is 2.79 bits per heavy atom. The first-order valence-corrected chi connectivity index (χ1v) is 3.99. The number of hydrogen-bond donors (Lipinski definition) is 3. The van der Waals surface area contributed by atoms with E-state index in [0.29, 0.717) is 0 Å². The summed E-state index contributed by atoms with van der Waals surface area (Å²) in [7, 11) is 0. The van der Waals surface area contributed by atoms with Gasteiger partial charge in [0.25, 0.3) is 5.56 Å². The van der Waals surface area contributed by atoms with E-state index >= 15 is 0 Å². The lowest BCUT2D eigenvalue weighted by Crippen LogP contribution is -2.42. The Labute approximate surface area is 80.0 Å². The van der Waals surface area contributed by atoms with Gasteiger partial charge in [-0.05, 0) is 13.8 Å². The van der Waals surface area contributed by atoms with Crippen LogP contribution in [0.5, 0.6) is 0 Å². The fourth-order valence-electron chi connectivity index (χ4n) is 0.790. The third-order valence-electron chi connectivity index (χ3n) is 1.67. The number of carboxylic acid groups (broad SMARTS) is 1. The fraction of sp³-hybridized carbons (Fsp3) is 0.375. The zero-order valence-corrected chi connectivity index (χ0v) is 7.87. The molecule has 0 aliphatic rings. The van der Waals surface area contributed by atoms with Crippen LogP contribution in [-0.2, 0) is 4.79 Å². The van der Waals surface area contributed by atoms with E-state index < -0.39 is 17.1 Å². The average molecular weight is 197 g/mol. The number of nitrogens with zero attached hydrogens (tertiary/aromatic N) is 1. The number of aromatic amines is 1. The second kappa shape index (κ2) is 3.49.